The number of carbonyl (C=O) groups is 2. The summed E-state index contributed by atoms with van der Waals surface area (Å²) < 4.78 is 7.95. The molecule has 2 aliphatic heterocycles. The molecule has 0 saturated heterocycles. The van der Waals surface area contributed by atoms with Crippen LogP contribution in [0.1, 0.15) is 59.7 Å². The standard InChI is InChI=1S/C31H29ClN4O3/c1-6-39-25-10-8-7-9-21(25)28-34-26-27(35(28)17(2)3)31(22-14-13-20(32)16-23(22)33-30(31)38)36(29(26)37)24-15-18(4)11-12-19(24)5/h7-17H,6H2,1-5H3,(H,33,38). The lowest BCUT2D eigenvalue weighted by Gasteiger charge is -2.36. The molecule has 0 radical (unpaired) electrons. The van der Waals surface area contributed by atoms with Crippen molar-refractivity contribution in [1.82, 2.24) is 9.55 Å². The first-order chi connectivity index (χ1) is 18.7. The van der Waals surface area contributed by atoms with E-state index < -0.39 is 5.54 Å². The van der Waals surface area contributed by atoms with Crippen molar-refractivity contribution in [2.45, 2.75) is 46.2 Å². The van der Waals surface area contributed by atoms with E-state index in [4.69, 9.17) is 21.3 Å². The smallest absolute Gasteiger partial charge is 0.280 e. The molecule has 7 nitrogen and oxygen atoms in total. The predicted molar refractivity (Wildman–Crippen MR) is 153 cm³/mol. The average Bonchev–Trinajstić information content (AvgIpc) is 3.50. The number of halogens is 1. The molecule has 0 fully saturated rings. The minimum atomic E-state index is -1.47. The number of fused-ring (bicyclic) bond motifs is 4. The highest BCUT2D eigenvalue weighted by atomic mass is 35.5. The molecule has 39 heavy (non-hydrogen) atoms. The fraction of sp³-hybridized carbons (Fsp3) is 0.258. The molecule has 0 aliphatic carbocycles. The van der Waals surface area contributed by atoms with Gasteiger partial charge in [-0.25, -0.2) is 4.98 Å². The average molecular weight is 541 g/mol. The van der Waals surface area contributed by atoms with Crippen molar-refractivity contribution in [2.24, 2.45) is 0 Å². The number of hydrogen-bond acceptors (Lipinski definition) is 4. The maximum Gasteiger partial charge on any atom is 0.280 e. The van der Waals surface area contributed by atoms with Crippen molar-refractivity contribution in [3.05, 3.63) is 93.8 Å². The molecule has 1 spiro atoms. The lowest BCUT2D eigenvalue weighted by atomic mass is 9.86. The highest BCUT2D eigenvalue weighted by molar-refractivity contribution is 6.31. The van der Waals surface area contributed by atoms with Crippen LogP contribution in [-0.2, 0) is 10.3 Å². The quantitative estimate of drug-likeness (QED) is 0.307. The molecular formula is C31H29ClN4O3. The van der Waals surface area contributed by atoms with Gasteiger partial charge in [0.05, 0.1) is 17.9 Å². The van der Waals surface area contributed by atoms with Gasteiger partial charge in [-0.3, -0.25) is 14.5 Å². The van der Waals surface area contributed by atoms with Crippen LogP contribution in [0.3, 0.4) is 0 Å². The summed E-state index contributed by atoms with van der Waals surface area (Å²) in [7, 11) is 0. The van der Waals surface area contributed by atoms with Crippen molar-refractivity contribution in [3.8, 4) is 17.1 Å². The highest BCUT2D eigenvalue weighted by Crippen LogP contribution is 2.55. The zero-order chi connectivity index (χ0) is 27.6. The monoisotopic (exact) mass is 540 g/mol. The Labute approximate surface area is 232 Å². The van der Waals surface area contributed by atoms with Gasteiger partial charge in [0.2, 0.25) is 0 Å². The summed E-state index contributed by atoms with van der Waals surface area (Å²) in [5.74, 6) is 0.606. The molecule has 1 unspecified atom stereocenters. The number of carbonyl (C=O) groups excluding carboxylic acids is 2. The van der Waals surface area contributed by atoms with E-state index in [9.17, 15) is 9.59 Å². The molecule has 198 valence electrons. The Balaban J connectivity index is 1.73. The third-order valence-corrected chi connectivity index (χ3v) is 7.73. The molecule has 2 aliphatic rings. The molecule has 4 aromatic rings. The minimum absolute atomic E-state index is 0.127. The predicted octanol–water partition coefficient (Wildman–Crippen LogP) is 6.66. The van der Waals surface area contributed by atoms with E-state index in [1.54, 1.807) is 17.0 Å². The lowest BCUT2D eigenvalue weighted by molar-refractivity contribution is -0.119. The first kappa shape index (κ1) is 25.2. The lowest BCUT2D eigenvalue weighted by Crippen LogP contribution is -2.51. The van der Waals surface area contributed by atoms with Crippen molar-refractivity contribution >= 4 is 34.8 Å². The number of rotatable bonds is 5. The molecule has 0 saturated carbocycles. The van der Waals surface area contributed by atoms with Gasteiger partial charge in [0.1, 0.15) is 11.6 Å². The second-order valence-electron chi connectivity index (χ2n) is 10.3. The number of hydrogen-bond donors (Lipinski definition) is 1. The van der Waals surface area contributed by atoms with Gasteiger partial charge in [-0.2, -0.15) is 0 Å². The number of ether oxygens (including phenoxy) is 1. The van der Waals surface area contributed by atoms with Crippen molar-refractivity contribution in [3.63, 3.8) is 0 Å². The van der Waals surface area contributed by atoms with Gasteiger partial charge in [-0.15, -0.1) is 0 Å². The van der Waals surface area contributed by atoms with Gasteiger partial charge < -0.3 is 14.6 Å². The van der Waals surface area contributed by atoms with Gasteiger partial charge >= 0.3 is 0 Å². The van der Waals surface area contributed by atoms with E-state index in [0.717, 1.165) is 16.7 Å². The van der Waals surface area contributed by atoms with Gasteiger partial charge in [0, 0.05) is 28.0 Å². The molecule has 6 rings (SSSR count). The Morgan fingerprint density at radius 3 is 2.56 bits per heavy atom. The molecule has 8 heteroatoms. The van der Waals surface area contributed by atoms with Crippen molar-refractivity contribution < 1.29 is 14.3 Å². The van der Waals surface area contributed by atoms with Crippen LogP contribution < -0.4 is 15.0 Å². The summed E-state index contributed by atoms with van der Waals surface area (Å²) in [6.07, 6.45) is 0. The molecule has 0 bridgehead atoms. The Kier molecular flexibility index (Phi) is 5.81. The molecule has 2 amide bonds. The molecule has 3 aromatic carbocycles. The number of aryl methyl sites for hydroxylation is 2. The van der Waals surface area contributed by atoms with E-state index in [-0.39, 0.29) is 23.6 Å². The van der Waals surface area contributed by atoms with Gasteiger partial charge in [-0.05, 0) is 76.1 Å². The number of nitrogens with one attached hydrogen (secondary N) is 1. The van der Waals surface area contributed by atoms with Crippen molar-refractivity contribution in [2.75, 3.05) is 16.8 Å². The third kappa shape index (κ3) is 3.46. The Hall–Kier alpha value is -4.10. The van der Waals surface area contributed by atoms with E-state index in [1.807, 2.05) is 87.7 Å². The topological polar surface area (TPSA) is 76.5 Å². The fourth-order valence-electron chi connectivity index (χ4n) is 5.90. The van der Waals surface area contributed by atoms with Crippen LogP contribution in [0, 0.1) is 13.8 Å². The summed E-state index contributed by atoms with van der Waals surface area (Å²) in [4.78, 5) is 35.4. The van der Waals surface area contributed by atoms with Crippen LogP contribution in [0.4, 0.5) is 11.4 Å². The molecule has 1 atom stereocenters. The zero-order valence-corrected chi connectivity index (χ0v) is 23.3. The Bertz CT molecular complexity index is 1670. The van der Waals surface area contributed by atoms with E-state index in [1.165, 1.54) is 0 Å². The second kappa shape index (κ2) is 8.99. The van der Waals surface area contributed by atoms with Crippen LogP contribution in [0.2, 0.25) is 5.02 Å². The number of nitrogens with zero attached hydrogens (tertiary/aromatic N) is 3. The number of para-hydroxylation sites is 1. The van der Waals surface area contributed by atoms with Crippen LogP contribution >= 0.6 is 11.6 Å². The largest absolute Gasteiger partial charge is 0.493 e. The summed E-state index contributed by atoms with van der Waals surface area (Å²) in [5, 5.41) is 3.53. The maximum atomic E-state index is 14.5. The van der Waals surface area contributed by atoms with E-state index in [0.29, 0.717) is 45.8 Å². The SMILES string of the molecule is CCOc1ccccc1-c1nc2c(n1C(C)C)C1(C(=O)Nc3cc(Cl)ccc31)N(c1cc(C)ccc1C)C2=O. The van der Waals surface area contributed by atoms with E-state index >= 15 is 0 Å². The molecular weight excluding hydrogens is 512 g/mol. The fourth-order valence-corrected chi connectivity index (χ4v) is 6.07. The van der Waals surface area contributed by atoms with Gasteiger partial charge in [-0.1, -0.05) is 41.9 Å². The molecule has 3 heterocycles. The number of aromatic nitrogens is 2. The van der Waals surface area contributed by atoms with Crippen molar-refractivity contribution in [1.29, 1.82) is 0 Å². The summed E-state index contributed by atoms with van der Waals surface area (Å²) in [6, 6.07) is 18.8. The highest BCUT2D eigenvalue weighted by Gasteiger charge is 2.64. The third-order valence-electron chi connectivity index (χ3n) is 7.49. The molecule has 1 aromatic heterocycles. The summed E-state index contributed by atoms with van der Waals surface area (Å²) in [5.41, 5.74) is 3.87. The van der Waals surface area contributed by atoms with Gasteiger partial charge in [0.15, 0.2) is 11.2 Å². The number of benzene rings is 3. The van der Waals surface area contributed by atoms with E-state index in [2.05, 4.69) is 5.32 Å². The summed E-state index contributed by atoms with van der Waals surface area (Å²) in [6.45, 7) is 10.4. The summed E-state index contributed by atoms with van der Waals surface area (Å²) >= 11 is 6.34. The van der Waals surface area contributed by atoms with Crippen LogP contribution in [-0.4, -0.2) is 28.0 Å². The van der Waals surface area contributed by atoms with Crippen LogP contribution in [0.25, 0.3) is 11.4 Å². The first-order valence-corrected chi connectivity index (χ1v) is 13.5. The Morgan fingerprint density at radius 1 is 1.05 bits per heavy atom. The van der Waals surface area contributed by atoms with Crippen LogP contribution in [0.5, 0.6) is 5.75 Å². The maximum absolute atomic E-state index is 14.5. The zero-order valence-electron chi connectivity index (χ0n) is 22.5. The Morgan fingerprint density at radius 2 is 1.82 bits per heavy atom. The normalized spacial score (nSPS) is 17.7. The second-order valence-corrected chi connectivity index (χ2v) is 10.7. The number of amides is 2. The number of anilines is 2. The number of imidazole rings is 1. The van der Waals surface area contributed by atoms with Crippen LogP contribution in [0.15, 0.2) is 60.7 Å². The first-order valence-electron chi connectivity index (χ1n) is 13.1. The van der Waals surface area contributed by atoms with Gasteiger partial charge in [0.25, 0.3) is 11.8 Å². The minimum Gasteiger partial charge on any atom is -0.493 e. The molecule has 1 N–H and O–H groups in total.